The normalized spacial score (nSPS) is 12.4. The van der Waals surface area contributed by atoms with Crippen molar-refractivity contribution in [2.24, 2.45) is 0 Å². The summed E-state index contributed by atoms with van der Waals surface area (Å²) in [6, 6.07) is 11.6. The van der Waals surface area contributed by atoms with Gasteiger partial charge in [0.1, 0.15) is 5.76 Å². The van der Waals surface area contributed by atoms with E-state index in [1.165, 1.54) is 7.11 Å². The van der Waals surface area contributed by atoms with Gasteiger partial charge in [-0.25, -0.2) is 0 Å². The highest BCUT2D eigenvalue weighted by molar-refractivity contribution is 5.82. The summed E-state index contributed by atoms with van der Waals surface area (Å²) in [5, 5.41) is 10.6. The first-order chi connectivity index (χ1) is 19.4. The molecule has 0 saturated carbocycles. The third-order valence-corrected chi connectivity index (χ3v) is 7.42. The largest absolute Gasteiger partial charge is 0.508 e. The van der Waals surface area contributed by atoms with E-state index in [1.54, 1.807) is 34.1 Å². The molecule has 0 fully saturated rings. The molecular formula is C32H37NO7. The van der Waals surface area contributed by atoms with Gasteiger partial charge in [0.15, 0.2) is 11.5 Å². The second-order valence-electron chi connectivity index (χ2n) is 9.58. The number of methoxy groups -OCH3 is 3. The Bertz CT molecular complexity index is 1430. The predicted octanol–water partition coefficient (Wildman–Crippen LogP) is 5.45. The number of hydrogen-bond acceptors (Lipinski definition) is 7. The molecule has 0 spiro atoms. The maximum atomic E-state index is 13.0. The van der Waals surface area contributed by atoms with Crippen molar-refractivity contribution in [3.05, 3.63) is 76.0 Å². The highest BCUT2D eigenvalue weighted by atomic mass is 16.5. The summed E-state index contributed by atoms with van der Waals surface area (Å²) < 4.78 is 23.8. The lowest BCUT2D eigenvalue weighted by Crippen LogP contribution is -2.16. The van der Waals surface area contributed by atoms with Crippen LogP contribution >= 0.6 is 0 Å². The lowest BCUT2D eigenvalue weighted by Gasteiger charge is -2.24. The van der Waals surface area contributed by atoms with Crippen LogP contribution in [0.4, 0.5) is 0 Å². The summed E-state index contributed by atoms with van der Waals surface area (Å²) in [6.07, 6.45) is 3.59. The molecule has 212 valence electrons. The van der Waals surface area contributed by atoms with Crippen LogP contribution in [-0.4, -0.2) is 49.5 Å². The van der Waals surface area contributed by atoms with Gasteiger partial charge in [-0.05, 0) is 67.2 Å². The highest BCUT2D eigenvalue weighted by Crippen LogP contribution is 2.44. The van der Waals surface area contributed by atoms with Gasteiger partial charge in [-0.15, -0.1) is 0 Å². The molecule has 1 N–H and O–H groups in total. The number of nitrogens with zero attached hydrogens (tertiary/aromatic N) is 1. The molecule has 2 aromatic carbocycles. The van der Waals surface area contributed by atoms with Gasteiger partial charge < -0.3 is 28.6 Å². The number of benzene rings is 2. The molecule has 1 aliphatic rings. The molecule has 0 unspecified atom stereocenters. The molecule has 8 heteroatoms. The Kier molecular flexibility index (Phi) is 9.19. The lowest BCUT2D eigenvalue weighted by atomic mass is 9.90. The zero-order valence-electron chi connectivity index (χ0n) is 23.8. The highest BCUT2D eigenvalue weighted by Gasteiger charge is 2.31. The summed E-state index contributed by atoms with van der Waals surface area (Å²) in [5.41, 5.74) is 7.36. The zero-order valence-corrected chi connectivity index (χ0v) is 23.8. The van der Waals surface area contributed by atoms with Crippen molar-refractivity contribution in [1.82, 2.24) is 4.57 Å². The van der Waals surface area contributed by atoms with Crippen LogP contribution in [0.3, 0.4) is 0 Å². The zero-order chi connectivity index (χ0) is 28.8. The minimum absolute atomic E-state index is 0.0717. The number of carbonyl (C=O) groups excluding carboxylic acids is 2. The van der Waals surface area contributed by atoms with Gasteiger partial charge in [-0.3, -0.25) is 9.59 Å². The molecule has 0 saturated heterocycles. The number of aromatic nitrogens is 1. The van der Waals surface area contributed by atoms with Gasteiger partial charge in [-0.1, -0.05) is 24.3 Å². The number of fused-ring (bicyclic) bond motifs is 3. The van der Waals surface area contributed by atoms with Crippen molar-refractivity contribution in [2.45, 2.75) is 52.5 Å². The van der Waals surface area contributed by atoms with Crippen LogP contribution in [0.25, 0.3) is 17.0 Å². The molecule has 4 rings (SSSR count). The van der Waals surface area contributed by atoms with E-state index in [1.807, 2.05) is 36.4 Å². The number of carbonyl (C=O) groups is 2. The molecule has 2 heterocycles. The molecule has 0 aliphatic carbocycles. The second-order valence-corrected chi connectivity index (χ2v) is 9.58. The van der Waals surface area contributed by atoms with Crippen molar-refractivity contribution < 1.29 is 33.6 Å². The van der Waals surface area contributed by atoms with E-state index in [4.69, 9.17) is 18.9 Å². The topological polar surface area (TPSA) is 96.2 Å². The van der Waals surface area contributed by atoms with E-state index in [9.17, 15) is 14.7 Å². The van der Waals surface area contributed by atoms with Gasteiger partial charge in [0.05, 0.1) is 46.5 Å². The minimum atomic E-state index is -0.325. The van der Waals surface area contributed by atoms with E-state index in [2.05, 4.69) is 4.57 Å². The van der Waals surface area contributed by atoms with Crippen LogP contribution in [-0.2, 0) is 51.3 Å². The molecule has 0 atom stereocenters. The van der Waals surface area contributed by atoms with Gasteiger partial charge in [-0.2, -0.15) is 0 Å². The summed E-state index contributed by atoms with van der Waals surface area (Å²) in [4.78, 5) is 25.2. The van der Waals surface area contributed by atoms with Crippen molar-refractivity contribution in [3.8, 4) is 22.8 Å². The molecular weight excluding hydrogens is 510 g/mol. The second kappa shape index (κ2) is 12.8. The van der Waals surface area contributed by atoms with E-state index in [0.29, 0.717) is 30.9 Å². The number of rotatable bonds is 11. The van der Waals surface area contributed by atoms with E-state index in [0.717, 1.165) is 51.2 Å². The fourth-order valence-electron chi connectivity index (χ4n) is 5.55. The standard InChI is InChI=1S/C32H37NO7/c1-6-27(34)22-11-9-8-10-20(22)16-24-25(19-31(36)40-7-2)32-23-18-29(38-4)28(37-3)17-21(23)14-15-33(32)26(24)12-13-30(35)39-5/h6,8-11,17-18,34H,7,12-16,19H2,1-5H3/b27-6+. The van der Waals surface area contributed by atoms with Crippen molar-refractivity contribution in [3.63, 3.8) is 0 Å². The van der Waals surface area contributed by atoms with Crippen LogP contribution in [0.1, 0.15) is 53.8 Å². The summed E-state index contributed by atoms with van der Waals surface area (Å²) in [6.45, 7) is 4.53. The predicted molar refractivity (Wildman–Crippen MR) is 153 cm³/mol. The SMILES string of the molecule is C/C=C(/O)c1ccccc1Cc1c(CC(=O)OCC)c2n(c1CCC(=O)OC)CCc1cc(OC)c(OC)cc1-2. The maximum Gasteiger partial charge on any atom is 0.310 e. The molecule has 0 bridgehead atoms. The van der Waals surface area contributed by atoms with Crippen molar-refractivity contribution >= 4 is 17.7 Å². The average molecular weight is 548 g/mol. The first kappa shape index (κ1) is 28.8. The Morgan fingerprint density at radius 3 is 2.42 bits per heavy atom. The van der Waals surface area contributed by atoms with E-state index in [-0.39, 0.29) is 37.1 Å². The summed E-state index contributed by atoms with van der Waals surface area (Å²) in [7, 11) is 4.60. The first-order valence-corrected chi connectivity index (χ1v) is 13.5. The van der Waals surface area contributed by atoms with Crippen LogP contribution in [0.15, 0.2) is 42.5 Å². The van der Waals surface area contributed by atoms with Crippen LogP contribution < -0.4 is 9.47 Å². The molecule has 8 nitrogen and oxygen atoms in total. The molecule has 0 amide bonds. The number of aliphatic hydroxyl groups is 1. The van der Waals surface area contributed by atoms with Crippen molar-refractivity contribution in [1.29, 1.82) is 0 Å². The van der Waals surface area contributed by atoms with Crippen LogP contribution in [0, 0.1) is 0 Å². The van der Waals surface area contributed by atoms with Gasteiger partial charge in [0, 0.05) is 29.8 Å². The molecule has 40 heavy (non-hydrogen) atoms. The van der Waals surface area contributed by atoms with Gasteiger partial charge in [0.25, 0.3) is 0 Å². The summed E-state index contributed by atoms with van der Waals surface area (Å²) in [5.74, 6) is 0.802. The number of allylic oxidation sites excluding steroid dienone is 1. The van der Waals surface area contributed by atoms with Gasteiger partial charge in [0.2, 0.25) is 0 Å². The van der Waals surface area contributed by atoms with Crippen molar-refractivity contribution in [2.75, 3.05) is 27.9 Å². The Balaban J connectivity index is 1.99. The van der Waals surface area contributed by atoms with Crippen LogP contribution in [0.2, 0.25) is 0 Å². The summed E-state index contributed by atoms with van der Waals surface area (Å²) >= 11 is 0. The fraction of sp³-hybridized carbons (Fsp3) is 0.375. The molecule has 3 aromatic rings. The Hall–Kier alpha value is -4.20. The van der Waals surface area contributed by atoms with E-state index < -0.39 is 0 Å². The Morgan fingerprint density at radius 2 is 1.75 bits per heavy atom. The van der Waals surface area contributed by atoms with E-state index >= 15 is 0 Å². The van der Waals surface area contributed by atoms with Gasteiger partial charge >= 0.3 is 11.9 Å². The number of aliphatic hydroxyl groups excluding tert-OH is 1. The average Bonchev–Trinajstić information content (AvgIpc) is 3.26. The quantitative estimate of drug-likeness (QED) is 0.252. The first-order valence-electron chi connectivity index (χ1n) is 13.5. The third kappa shape index (κ3) is 5.71. The number of ether oxygens (including phenoxy) is 4. The minimum Gasteiger partial charge on any atom is -0.508 e. The number of esters is 2. The molecule has 1 aromatic heterocycles. The number of hydrogen-bond donors (Lipinski definition) is 1. The Labute approximate surface area is 235 Å². The monoisotopic (exact) mass is 547 g/mol. The fourth-order valence-corrected chi connectivity index (χ4v) is 5.55. The number of aryl methyl sites for hydroxylation is 1. The van der Waals surface area contributed by atoms with Crippen LogP contribution in [0.5, 0.6) is 11.5 Å². The maximum absolute atomic E-state index is 13.0. The lowest BCUT2D eigenvalue weighted by molar-refractivity contribution is -0.142. The Morgan fingerprint density at radius 1 is 1.02 bits per heavy atom. The molecule has 0 radical (unpaired) electrons. The third-order valence-electron chi connectivity index (χ3n) is 7.42. The molecule has 1 aliphatic heterocycles. The smallest absolute Gasteiger partial charge is 0.310 e.